The largest absolute Gasteiger partial charge is 0.397 e. The lowest BCUT2D eigenvalue weighted by molar-refractivity contribution is 0.153. The second-order valence-electron chi connectivity index (χ2n) is 8.59. The number of aromatic amines is 2. The van der Waals surface area contributed by atoms with Gasteiger partial charge in [-0.15, -0.1) is 0 Å². The van der Waals surface area contributed by atoms with Gasteiger partial charge in [-0.1, -0.05) is 12.1 Å². The minimum atomic E-state index is -0.476. The molecule has 0 spiro atoms. The van der Waals surface area contributed by atoms with E-state index >= 15 is 0 Å². The summed E-state index contributed by atoms with van der Waals surface area (Å²) in [4.78, 5) is 28.1. The van der Waals surface area contributed by atoms with Crippen LogP contribution in [-0.2, 0) is 6.42 Å². The van der Waals surface area contributed by atoms with Gasteiger partial charge in [-0.05, 0) is 56.3 Å². The minimum Gasteiger partial charge on any atom is -0.397 e. The number of benzene rings is 2. The maximum absolute atomic E-state index is 14.4. The molecular formula is C24H27FN6O. The first-order valence-electron chi connectivity index (χ1n) is 11.0. The molecule has 1 saturated heterocycles. The van der Waals surface area contributed by atoms with Crippen LogP contribution >= 0.6 is 0 Å². The number of anilines is 1. The number of hydrogen-bond acceptors (Lipinski definition) is 5. The van der Waals surface area contributed by atoms with Gasteiger partial charge < -0.3 is 25.5 Å². The van der Waals surface area contributed by atoms with Crippen LogP contribution in [0.3, 0.4) is 0 Å². The van der Waals surface area contributed by atoms with E-state index in [9.17, 15) is 9.18 Å². The molecule has 4 aromatic rings. The van der Waals surface area contributed by atoms with Crippen molar-refractivity contribution in [1.82, 2.24) is 24.8 Å². The number of pyridine rings is 1. The van der Waals surface area contributed by atoms with E-state index in [-0.39, 0.29) is 16.6 Å². The molecule has 1 fully saturated rings. The predicted octanol–water partition coefficient (Wildman–Crippen LogP) is 2.97. The molecule has 1 aliphatic heterocycles. The molecule has 0 amide bonds. The predicted molar refractivity (Wildman–Crippen MR) is 126 cm³/mol. The topological polar surface area (TPSA) is 94.0 Å². The Bertz CT molecular complexity index is 1340. The van der Waals surface area contributed by atoms with E-state index in [0.717, 1.165) is 56.6 Å². The average molecular weight is 435 g/mol. The van der Waals surface area contributed by atoms with Crippen LogP contribution in [0.1, 0.15) is 12.0 Å². The molecule has 3 heterocycles. The second kappa shape index (κ2) is 8.37. The standard InChI is InChI=1S/C24H27FN6O/c1-30-10-12-31(13-11-30)9-3-4-15-7-8-17-19(14-15)28-23(27-17)21-22(26)20-16(25)5-2-6-18(20)29-24(21)32/h2,5-8,14H,3-4,9-13H2,1H3,(H,27,28)(H3,26,29,32). The number of H-pyrrole nitrogens is 2. The normalized spacial score (nSPS) is 15.7. The molecule has 4 N–H and O–H groups in total. The molecule has 2 aromatic carbocycles. The first-order chi connectivity index (χ1) is 15.5. The van der Waals surface area contributed by atoms with Gasteiger partial charge in [0.1, 0.15) is 17.2 Å². The molecule has 0 aliphatic carbocycles. The Morgan fingerprint density at radius 1 is 1.09 bits per heavy atom. The molecule has 5 rings (SSSR count). The minimum absolute atomic E-state index is 0.0910. The smallest absolute Gasteiger partial charge is 0.261 e. The van der Waals surface area contributed by atoms with E-state index in [1.165, 1.54) is 11.6 Å². The number of aromatic nitrogens is 3. The molecule has 166 valence electrons. The fourth-order valence-corrected chi connectivity index (χ4v) is 4.47. The van der Waals surface area contributed by atoms with Gasteiger partial charge >= 0.3 is 0 Å². The fraction of sp³-hybridized carbons (Fsp3) is 0.333. The van der Waals surface area contributed by atoms with Gasteiger partial charge in [0.05, 0.1) is 27.6 Å². The Morgan fingerprint density at radius 3 is 2.72 bits per heavy atom. The van der Waals surface area contributed by atoms with Crippen molar-refractivity contribution in [2.45, 2.75) is 12.8 Å². The number of likely N-dealkylation sites (N-methyl/N-ethyl adjacent to an activating group) is 1. The number of rotatable bonds is 5. The first-order valence-corrected chi connectivity index (χ1v) is 11.0. The number of aryl methyl sites for hydroxylation is 1. The lowest BCUT2D eigenvalue weighted by Gasteiger charge is -2.32. The van der Waals surface area contributed by atoms with Crippen molar-refractivity contribution in [3.63, 3.8) is 0 Å². The van der Waals surface area contributed by atoms with Gasteiger partial charge in [-0.25, -0.2) is 9.37 Å². The summed E-state index contributed by atoms with van der Waals surface area (Å²) >= 11 is 0. The molecule has 32 heavy (non-hydrogen) atoms. The summed E-state index contributed by atoms with van der Waals surface area (Å²) in [5.41, 5.74) is 9.24. The monoisotopic (exact) mass is 434 g/mol. The van der Waals surface area contributed by atoms with Gasteiger partial charge in [0.15, 0.2) is 0 Å². The van der Waals surface area contributed by atoms with Crippen LogP contribution in [0.15, 0.2) is 41.2 Å². The summed E-state index contributed by atoms with van der Waals surface area (Å²) in [6.45, 7) is 5.60. The second-order valence-corrected chi connectivity index (χ2v) is 8.59. The Kier molecular flexibility index (Phi) is 5.40. The number of halogens is 1. The average Bonchev–Trinajstić information content (AvgIpc) is 3.17. The van der Waals surface area contributed by atoms with Crippen LogP contribution < -0.4 is 11.3 Å². The summed E-state index contributed by atoms with van der Waals surface area (Å²) in [5.74, 6) is -0.130. The highest BCUT2D eigenvalue weighted by Gasteiger charge is 2.18. The van der Waals surface area contributed by atoms with Crippen molar-refractivity contribution >= 4 is 27.6 Å². The highest BCUT2D eigenvalue weighted by atomic mass is 19.1. The highest BCUT2D eigenvalue weighted by Crippen LogP contribution is 2.30. The molecule has 0 radical (unpaired) electrons. The van der Waals surface area contributed by atoms with Crippen molar-refractivity contribution in [1.29, 1.82) is 0 Å². The zero-order chi connectivity index (χ0) is 22.2. The highest BCUT2D eigenvalue weighted by molar-refractivity contribution is 5.98. The third kappa shape index (κ3) is 3.87. The molecule has 0 unspecified atom stereocenters. The molecular weight excluding hydrogens is 407 g/mol. The van der Waals surface area contributed by atoms with Gasteiger partial charge in [0.25, 0.3) is 5.56 Å². The lowest BCUT2D eigenvalue weighted by Crippen LogP contribution is -2.44. The van der Waals surface area contributed by atoms with Gasteiger partial charge in [-0.2, -0.15) is 0 Å². The SMILES string of the molecule is CN1CCN(CCCc2ccc3[nH]c(-c4c(N)c5c(F)cccc5[nH]c4=O)nc3c2)CC1. The number of hydrogen-bond donors (Lipinski definition) is 3. The van der Waals surface area contributed by atoms with Crippen LogP contribution in [0.4, 0.5) is 10.1 Å². The number of nitrogens with zero attached hydrogens (tertiary/aromatic N) is 3. The van der Waals surface area contributed by atoms with E-state index in [1.807, 2.05) is 12.1 Å². The summed E-state index contributed by atoms with van der Waals surface area (Å²) in [6.07, 6.45) is 2.05. The molecule has 8 heteroatoms. The number of fused-ring (bicyclic) bond motifs is 2. The van der Waals surface area contributed by atoms with Crippen molar-refractivity contribution < 1.29 is 4.39 Å². The van der Waals surface area contributed by atoms with Gasteiger partial charge in [-0.3, -0.25) is 4.79 Å². The Morgan fingerprint density at radius 2 is 1.91 bits per heavy atom. The van der Waals surface area contributed by atoms with Crippen LogP contribution in [0, 0.1) is 5.82 Å². The number of nitrogens with one attached hydrogen (secondary N) is 2. The van der Waals surface area contributed by atoms with Crippen molar-refractivity contribution in [2.24, 2.45) is 0 Å². The van der Waals surface area contributed by atoms with E-state index in [4.69, 9.17) is 5.73 Å². The van der Waals surface area contributed by atoms with Crippen LogP contribution in [0.5, 0.6) is 0 Å². The molecule has 7 nitrogen and oxygen atoms in total. The third-order valence-corrected chi connectivity index (χ3v) is 6.35. The van der Waals surface area contributed by atoms with Crippen molar-refractivity contribution in [2.75, 3.05) is 45.5 Å². The number of piperazine rings is 1. The maximum Gasteiger partial charge on any atom is 0.261 e. The van der Waals surface area contributed by atoms with Crippen molar-refractivity contribution in [3.8, 4) is 11.4 Å². The van der Waals surface area contributed by atoms with Gasteiger partial charge in [0, 0.05) is 26.2 Å². The zero-order valence-corrected chi connectivity index (χ0v) is 18.1. The summed E-state index contributed by atoms with van der Waals surface area (Å²) < 4.78 is 14.4. The maximum atomic E-state index is 14.4. The van der Waals surface area contributed by atoms with Crippen LogP contribution in [-0.4, -0.2) is 64.5 Å². The molecule has 2 aromatic heterocycles. The summed E-state index contributed by atoms with van der Waals surface area (Å²) in [6, 6.07) is 10.6. The van der Waals surface area contributed by atoms with E-state index < -0.39 is 11.4 Å². The Labute approximate surface area is 185 Å². The fourth-order valence-electron chi connectivity index (χ4n) is 4.47. The van der Waals surface area contributed by atoms with Crippen LogP contribution in [0.25, 0.3) is 33.3 Å². The Balaban J connectivity index is 1.39. The quantitative estimate of drug-likeness (QED) is 0.449. The third-order valence-electron chi connectivity index (χ3n) is 6.35. The lowest BCUT2D eigenvalue weighted by atomic mass is 10.1. The summed E-state index contributed by atoms with van der Waals surface area (Å²) in [7, 11) is 2.17. The molecule has 0 atom stereocenters. The van der Waals surface area contributed by atoms with Gasteiger partial charge in [0.2, 0.25) is 0 Å². The number of imidazole rings is 1. The molecule has 0 bridgehead atoms. The zero-order valence-electron chi connectivity index (χ0n) is 18.1. The van der Waals surface area contributed by atoms with Crippen molar-refractivity contribution in [3.05, 3.63) is 58.1 Å². The molecule has 1 aliphatic rings. The summed E-state index contributed by atoms with van der Waals surface area (Å²) in [5, 5.41) is 0.201. The number of nitrogens with two attached hydrogens (primary N) is 1. The Hall–Kier alpha value is -3.23. The van der Waals surface area contributed by atoms with Crippen LogP contribution in [0.2, 0.25) is 0 Å². The molecule has 0 saturated carbocycles. The number of nitrogen functional groups attached to an aromatic ring is 1. The van der Waals surface area contributed by atoms with E-state index in [0.29, 0.717) is 11.3 Å². The van der Waals surface area contributed by atoms with E-state index in [2.05, 4.69) is 37.9 Å². The van der Waals surface area contributed by atoms with E-state index in [1.54, 1.807) is 12.1 Å². The first kappa shape index (κ1) is 20.7.